The molecule has 0 aromatic carbocycles. The highest BCUT2D eigenvalue weighted by molar-refractivity contribution is 5.66. The minimum absolute atomic E-state index is 0.0910. The second-order valence-corrected chi connectivity index (χ2v) is 4.84. The fourth-order valence-corrected chi connectivity index (χ4v) is 2.13. The Morgan fingerprint density at radius 1 is 1.43 bits per heavy atom. The van der Waals surface area contributed by atoms with E-state index < -0.39 is 42.2 Å². The van der Waals surface area contributed by atoms with Crippen LogP contribution in [-0.2, 0) is 23.8 Å². The molecule has 0 bridgehead atoms. The molecule has 0 unspecified atom stereocenters. The van der Waals surface area contributed by atoms with Gasteiger partial charge in [-0.05, 0) is 0 Å². The summed E-state index contributed by atoms with van der Waals surface area (Å²) in [6.45, 7) is 2.08. The Morgan fingerprint density at radius 2 is 2.13 bits per heavy atom. The van der Waals surface area contributed by atoms with Gasteiger partial charge in [0, 0.05) is 13.8 Å². The van der Waals surface area contributed by atoms with Crippen LogP contribution in [0.2, 0.25) is 0 Å². The number of nitrogens with zero attached hydrogens (tertiary/aromatic N) is 3. The lowest BCUT2D eigenvalue weighted by Gasteiger charge is -2.19. The lowest BCUT2D eigenvalue weighted by atomic mass is 10.1. The number of aliphatic hydroxyl groups excluding tert-OH is 1. The molecule has 0 aliphatic carbocycles. The van der Waals surface area contributed by atoms with Crippen LogP contribution >= 0.6 is 0 Å². The molecular formula is C12H16N4O7. The monoisotopic (exact) mass is 328 g/mol. The third-order valence-electron chi connectivity index (χ3n) is 3.04. The topological polar surface area (TPSA) is 156 Å². The van der Waals surface area contributed by atoms with Crippen LogP contribution in [0.4, 0.5) is 5.82 Å². The molecule has 2 rings (SSSR count). The number of carbonyl (C=O) groups excluding carboxylic acids is 2. The summed E-state index contributed by atoms with van der Waals surface area (Å²) in [6.07, 6.45) is -3.66. The standard InChI is InChI=1S/C12H16N4O7/c1-5(17)21-4-7-10(22-6(2)18)9(19)11(23-7)16-12(20)15-8(13)3-14-16/h3,7,9-11,19H,4H2,1-2H3,(H2,13,15,20)/t7-,9+,10-,11-/m1/s1. The van der Waals surface area contributed by atoms with Crippen molar-refractivity contribution >= 4 is 17.8 Å². The van der Waals surface area contributed by atoms with Gasteiger partial charge in [0.2, 0.25) is 0 Å². The second kappa shape index (κ2) is 6.71. The Bertz CT molecular complexity index is 661. The van der Waals surface area contributed by atoms with E-state index in [9.17, 15) is 19.5 Å². The number of hydrogen-bond donors (Lipinski definition) is 2. The van der Waals surface area contributed by atoms with E-state index in [-0.39, 0.29) is 12.4 Å². The van der Waals surface area contributed by atoms with Crippen molar-refractivity contribution in [3.05, 3.63) is 16.7 Å². The summed E-state index contributed by atoms with van der Waals surface area (Å²) in [5.74, 6) is -1.33. The number of carbonyl (C=O) groups is 2. The maximum absolute atomic E-state index is 11.8. The molecule has 0 amide bonds. The molecule has 11 heteroatoms. The first-order chi connectivity index (χ1) is 10.8. The van der Waals surface area contributed by atoms with Crippen LogP contribution in [0.25, 0.3) is 0 Å². The Hall–Kier alpha value is -2.53. The summed E-state index contributed by atoms with van der Waals surface area (Å²) in [7, 11) is 0. The molecule has 1 saturated heterocycles. The quantitative estimate of drug-likeness (QED) is 0.591. The highest BCUT2D eigenvalue weighted by atomic mass is 16.6. The van der Waals surface area contributed by atoms with Gasteiger partial charge in [0.25, 0.3) is 0 Å². The average molecular weight is 328 g/mol. The smallest absolute Gasteiger partial charge is 0.368 e. The molecule has 11 nitrogen and oxygen atoms in total. The number of aromatic nitrogens is 3. The maximum atomic E-state index is 11.8. The van der Waals surface area contributed by atoms with Gasteiger partial charge >= 0.3 is 17.6 Å². The van der Waals surface area contributed by atoms with Gasteiger partial charge in [-0.25, -0.2) is 4.79 Å². The maximum Gasteiger partial charge on any atom is 0.368 e. The third kappa shape index (κ3) is 3.81. The molecule has 0 radical (unpaired) electrons. The van der Waals surface area contributed by atoms with E-state index in [0.29, 0.717) is 0 Å². The van der Waals surface area contributed by atoms with Crippen molar-refractivity contribution in [1.29, 1.82) is 0 Å². The fourth-order valence-electron chi connectivity index (χ4n) is 2.13. The third-order valence-corrected chi connectivity index (χ3v) is 3.04. The van der Waals surface area contributed by atoms with E-state index in [1.165, 1.54) is 6.92 Å². The SMILES string of the molecule is CC(=O)OC[C@H]1O[C@@H](n2ncc(N)nc2=O)[C@@H](O)[C@@H]1OC(C)=O. The number of nitrogens with two attached hydrogens (primary N) is 1. The molecule has 0 spiro atoms. The predicted octanol–water partition coefficient (Wildman–Crippen LogP) is -2.03. The Morgan fingerprint density at radius 3 is 2.70 bits per heavy atom. The summed E-state index contributed by atoms with van der Waals surface area (Å²) in [5, 5.41) is 14.0. The van der Waals surface area contributed by atoms with Gasteiger partial charge in [-0.1, -0.05) is 0 Å². The van der Waals surface area contributed by atoms with Crippen LogP contribution in [0, 0.1) is 0 Å². The van der Waals surface area contributed by atoms with Crippen molar-refractivity contribution in [1.82, 2.24) is 14.8 Å². The van der Waals surface area contributed by atoms with Crippen molar-refractivity contribution in [2.75, 3.05) is 12.3 Å². The molecule has 4 atom stereocenters. The number of anilines is 1. The lowest BCUT2D eigenvalue weighted by Crippen LogP contribution is -2.40. The van der Waals surface area contributed by atoms with Crippen molar-refractivity contribution < 1.29 is 28.9 Å². The number of esters is 2. The summed E-state index contributed by atoms with van der Waals surface area (Å²) < 4.78 is 16.0. The lowest BCUT2D eigenvalue weighted by molar-refractivity contribution is -0.157. The number of ether oxygens (including phenoxy) is 3. The van der Waals surface area contributed by atoms with Crippen molar-refractivity contribution in [3.63, 3.8) is 0 Å². The Labute approximate surface area is 130 Å². The summed E-state index contributed by atoms with van der Waals surface area (Å²) in [4.78, 5) is 37.4. The Balaban J connectivity index is 2.26. The molecular weight excluding hydrogens is 312 g/mol. The van der Waals surface area contributed by atoms with E-state index in [1.807, 2.05) is 0 Å². The molecule has 1 aromatic heterocycles. The van der Waals surface area contributed by atoms with Crippen molar-refractivity contribution in [3.8, 4) is 0 Å². The summed E-state index contributed by atoms with van der Waals surface area (Å²) in [5.41, 5.74) is 4.50. The zero-order chi connectivity index (χ0) is 17.1. The zero-order valence-corrected chi connectivity index (χ0v) is 12.4. The first-order valence-corrected chi connectivity index (χ1v) is 6.65. The largest absolute Gasteiger partial charge is 0.463 e. The van der Waals surface area contributed by atoms with E-state index in [1.54, 1.807) is 0 Å². The van der Waals surface area contributed by atoms with Gasteiger partial charge in [0.15, 0.2) is 12.3 Å². The minimum Gasteiger partial charge on any atom is -0.463 e. The highest BCUT2D eigenvalue weighted by Gasteiger charge is 2.48. The first-order valence-electron chi connectivity index (χ1n) is 6.65. The number of aliphatic hydroxyl groups is 1. The molecule has 1 aliphatic heterocycles. The van der Waals surface area contributed by atoms with Crippen LogP contribution in [0.3, 0.4) is 0 Å². The number of hydrogen-bond acceptors (Lipinski definition) is 10. The minimum atomic E-state index is -1.41. The van der Waals surface area contributed by atoms with Gasteiger partial charge < -0.3 is 25.1 Å². The molecule has 1 fully saturated rings. The van der Waals surface area contributed by atoms with Crippen LogP contribution in [0.5, 0.6) is 0 Å². The van der Waals surface area contributed by atoms with Crippen LogP contribution < -0.4 is 11.4 Å². The van der Waals surface area contributed by atoms with Gasteiger partial charge in [-0.3, -0.25) is 9.59 Å². The van der Waals surface area contributed by atoms with E-state index in [4.69, 9.17) is 19.9 Å². The number of rotatable bonds is 4. The second-order valence-electron chi connectivity index (χ2n) is 4.84. The highest BCUT2D eigenvalue weighted by Crippen LogP contribution is 2.30. The van der Waals surface area contributed by atoms with Gasteiger partial charge in [-0.2, -0.15) is 14.8 Å². The summed E-state index contributed by atoms with van der Waals surface area (Å²) >= 11 is 0. The van der Waals surface area contributed by atoms with Crippen molar-refractivity contribution in [2.24, 2.45) is 0 Å². The Kier molecular flexibility index (Phi) is 4.91. The van der Waals surface area contributed by atoms with Crippen LogP contribution in [0.1, 0.15) is 20.1 Å². The summed E-state index contributed by atoms with van der Waals surface area (Å²) in [6, 6.07) is 0. The molecule has 2 heterocycles. The fraction of sp³-hybridized carbons (Fsp3) is 0.583. The van der Waals surface area contributed by atoms with E-state index >= 15 is 0 Å². The molecule has 23 heavy (non-hydrogen) atoms. The normalized spacial score (nSPS) is 26.7. The van der Waals surface area contributed by atoms with Gasteiger partial charge in [-0.15, -0.1) is 0 Å². The number of nitrogen functional groups attached to an aromatic ring is 1. The van der Waals surface area contributed by atoms with Crippen LogP contribution in [-0.4, -0.2) is 56.7 Å². The molecule has 0 saturated carbocycles. The van der Waals surface area contributed by atoms with Gasteiger partial charge in [0.1, 0.15) is 24.6 Å². The average Bonchev–Trinajstić information content (AvgIpc) is 2.73. The van der Waals surface area contributed by atoms with E-state index in [2.05, 4.69) is 10.1 Å². The van der Waals surface area contributed by atoms with Crippen molar-refractivity contribution in [2.45, 2.75) is 38.4 Å². The molecule has 1 aliphatic rings. The van der Waals surface area contributed by atoms with E-state index in [0.717, 1.165) is 17.8 Å². The predicted molar refractivity (Wildman–Crippen MR) is 72.8 cm³/mol. The van der Waals surface area contributed by atoms with Crippen LogP contribution in [0.15, 0.2) is 11.0 Å². The first kappa shape index (κ1) is 16.8. The van der Waals surface area contributed by atoms with Gasteiger partial charge in [0.05, 0.1) is 6.20 Å². The molecule has 126 valence electrons. The molecule has 3 N–H and O–H groups in total. The molecule has 1 aromatic rings. The zero-order valence-electron chi connectivity index (χ0n) is 12.4.